The summed E-state index contributed by atoms with van der Waals surface area (Å²) in [6, 6.07) is 22.9. The summed E-state index contributed by atoms with van der Waals surface area (Å²) in [5, 5.41) is 18.8. The van der Waals surface area contributed by atoms with Crippen molar-refractivity contribution in [3.63, 3.8) is 0 Å². The fourth-order valence-corrected chi connectivity index (χ4v) is 7.96. The number of aromatic amines is 1. The number of aromatic nitrogens is 3. The first-order valence-electron chi connectivity index (χ1n) is 21.3. The zero-order valence-electron chi connectivity index (χ0n) is 36.2. The highest BCUT2D eigenvalue weighted by molar-refractivity contribution is 6.06. The Balaban J connectivity index is 0.822. The van der Waals surface area contributed by atoms with Crippen LogP contribution in [0.3, 0.4) is 0 Å². The molecule has 2 aliphatic rings. The first-order chi connectivity index (χ1) is 31.2. The number of nitrogens with zero attached hydrogens (tertiary/aromatic N) is 5. The number of piperazine rings is 1. The van der Waals surface area contributed by atoms with E-state index < -0.39 is 29.2 Å². The summed E-state index contributed by atoms with van der Waals surface area (Å²) < 4.78 is 35.8. The lowest BCUT2D eigenvalue weighted by molar-refractivity contribution is -0.123. The minimum atomic E-state index is -1.29. The molecule has 0 radical (unpaired) electrons. The molecule has 336 valence electrons. The molecule has 8 rings (SSSR count). The van der Waals surface area contributed by atoms with Crippen molar-refractivity contribution in [1.29, 1.82) is 0 Å². The van der Waals surface area contributed by atoms with Crippen molar-refractivity contribution in [2.75, 3.05) is 62.6 Å². The number of carbonyl (C=O) groups excluding carboxylic acids is 4. The number of H-pyrrole nitrogens is 1. The van der Waals surface area contributed by atoms with Crippen molar-refractivity contribution < 1.29 is 37.8 Å². The number of fused-ring (bicyclic) bond motifs is 1. The van der Waals surface area contributed by atoms with E-state index in [-0.39, 0.29) is 42.6 Å². The molecule has 6 aromatic rings. The molecule has 2 aliphatic heterocycles. The van der Waals surface area contributed by atoms with E-state index in [1.165, 1.54) is 49.3 Å². The van der Waals surface area contributed by atoms with Gasteiger partial charge in [0.15, 0.2) is 6.61 Å². The predicted octanol–water partition coefficient (Wildman–Crippen LogP) is 6.12. The van der Waals surface area contributed by atoms with E-state index in [1.807, 2.05) is 18.2 Å². The minimum Gasteiger partial charge on any atom is -0.484 e. The number of hydrogen-bond donors (Lipinski definition) is 5. The zero-order valence-corrected chi connectivity index (χ0v) is 36.2. The summed E-state index contributed by atoms with van der Waals surface area (Å²) in [7, 11) is 0. The number of ether oxygens (including phenoxy) is 1. The fourth-order valence-electron chi connectivity index (χ4n) is 7.96. The summed E-state index contributed by atoms with van der Waals surface area (Å²) in [6.45, 7) is 10.3. The van der Waals surface area contributed by atoms with Gasteiger partial charge in [-0.05, 0) is 85.5 Å². The van der Waals surface area contributed by atoms with Crippen molar-refractivity contribution in [1.82, 2.24) is 35.4 Å². The second kappa shape index (κ2) is 18.9. The Labute approximate surface area is 373 Å². The number of urea groups is 1. The quantitative estimate of drug-likeness (QED) is 0.0855. The van der Waals surface area contributed by atoms with E-state index in [1.54, 1.807) is 31.2 Å². The van der Waals surface area contributed by atoms with E-state index >= 15 is 4.39 Å². The normalized spacial score (nSPS) is 15.0. The SMILES string of the molecule is Cc1c(NC(=O)c2ccc(C(C)(C)O)cc2F)cc(F)cc1-c1ncnc2[nH]c(-c3ccc(CN4CCN(CCNC(=O)COc5cccc(N6CCC(=O)NC6=O)c5)CC4)cc3)cc12. The van der Waals surface area contributed by atoms with E-state index in [9.17, 15) is 28.7 Å². The summed E-state index contributed by atoms with van der Waals surface area (Å²) in [5.41, 5.74) is 4.38. The topological polar surface area (TPSA) is 185 Å². The summed E-state index contributed by atoms with van der Waals surface area (Å²) in [4.78, 5) is 67.9. The third-order valence-corrected chi connectivity index (χ3v) is 11.7. The van der Waals surface area contributed by atoms with Crippen LogP contribution in [0.2, 0.25) is 0 Å². The Hall–Kier alpha value is -7.08. The molecule has 0 saturated carbocycles. The van der Waals surface area contributed by atoms with Gasteiger partial charge in [0.05, 0.1) is 16.9 Å². The van der Waals surface area contributed by atoms with Gasteiger partial charge in [0.2, 0.25) is 5.91 Å². The first kappa shape index (κ1) is 44.5. The van der Waals surface area contributed by atoms with Crippen LogP contribution in [-0.2, 0) is 21.7 Å². The van der Waals surface area contributed by atoms with Crippen LogP contribution in [0.5, 0.6) is 5.75 Å². The molecule has 15 nitrogen and oxygen atoms in total. The van der Waals surface area contributed by atoms with Crippen molar-refractivity contribution in [2.45, 2.75) is 39.3 Å². The maximum Gasteiger partial charge on any atom is 0.328 e. The van der Waals surface area contributed by atoms with Gasteiger partial charge in [-0.2, -0.15) is 0 Å². The molecule has 2 saturated heterocycles. The smallest absolute Gasteiger partial charge is 0.328 e. The van der Waals surface area contributed by atoms with Gasteiger partial charge in [0.1, 0.15) is 29.4 Å². The van der Waals surface area contributed by atoms with Gasteiger partial charge in [-0.25, -0.2) is 23.5 Å². The van der Waals surface area contributed by atoms with Crippen LogP contribution in [-0.4, -0.2) is 106 Å². The zero-order chi connectivity index (χ0) is 45.8. The maximum absolute atomic E-state index is 15.2. The third-order valence-electron chi connectivity index (χ3n) is 11.7. The average molecular weight is 886 g/mol. The van der Waals surface area contributed by atoms with Crippen molar-refractivity contribution in [2.24, 2.45) is 0 Å². The largest absolute Gasteiger partial charge is 0.484 e. The van der Waals surface area contributed by atoms with Gasteiger partial charge >= 0.3 is 6.03 Å². The third kappa shape index (κ3) is 10.5. The van der Waals surface area contributed by atoms with Crippen LogP contribution in [0.1, 0.15) is 47.3 Å². The van der Waals surface area contributed by atoms with Crippen molar-refractivity contribution in [3.05, 3.63) is 125 Å². The monoisotopic (exact) mass is 885 g/mol. The molecule has 2 aromatic heterocycles. The molecule has 0 bridgehead atoms. The summed E-state index contributed by atoms with van der Waals surface area (Å²) in [5.74, 6) is -2.29. The molecule has 5 amide bonds. The molecule has 0 aliphatic carbocycles. The molecule has 2 fully saturated rings. The molecule has 4 aromatic carbocycles. The lowest BCUT2D eigenvalue weighted by atomic mass is 9.96. The first-order valence-corrected chi connectivity index (χ1v) is 21.3. The second-order valence-electron chi connectivity index (χ2n) is 16.7. The van der Waals surface area contributed by atoms with Gasteiger partial charge < -0.3 is 25.5 Å². The molecule has 65 heavy (non-hydrogen) atoms. The molecular formula is C48H49F2N9O6. The van der Waals surface area contributed by atoms with Gasteiger partial charge in [-0.1, -0.05) is 36.4 Å². The summed E-state index contributed by atoms with van der Waals surface area (Å²) >= 11 is 0. The van der Waals surface area contributed by atoms with E-state index in [2.05, 4.69) is 52.8 Å². The number of benzene rings is 4. The van der Waals surface area contributed by atoms with Crippen LogP contribution < -0.4 is 25.6 Å². The Morgan fingerprint density at radius 3 is 2.42 bits per heavy atom. The number of amides is 5. The average Bonchev–Trinajstić information content (AvgIpc) is 3.72. The highest BCUT2D eigenvalue weighted by atomic mass is 19.1. The van der Waals surface area contributed by atoms with Crippen LogP contribution in [0.4, 0.5) is 25.0 Å². The van der Waals surface area contributed by atoms with E-state index in [4.69, 9.17) is 4.74 Å². The molecule has 0 unspecified atom stereocenters. The van der Waals surface area contributed by atoms with Gasteiger partial charge in [0, 0.05) is 92.9 Å². The predicted molar refractivity (Wildman–Crippen MR) is 241 cm³/mol. The number of aliphatic hydroxyl groups is 1. The van der Waals surface area contributed by atoms with Crippen molar-refractivity contribution >= 4 is 46.2 Å². The number of carbonyl (C=O) groups is 4. The fraction of sp³-hybridized carbons (Fsp3) is 0.292. The molecule has 4 heterocycles. The van der Waals surface area contributed by atoms with Crippen molar-refractivity contribution in [3.8, 4) is 28.3 Å². The molecule has 5 N–H and O–H groups in total. The summed E-state index contributed by atoms with van der Waals surface area (Å²) in [6.07, 6.45) is 1.61. The molecule has 0 atom stereocenters. The number of hydrogen-bond acceptors (Lipinski definition) is 10. The lowest BCUT2D eigenvalue weighted by Gasteiger charge is -2.34. The molecular weight excluding hydrogens is 837 g/mol. The lowest BCUT2D eigenvalue weighted by Crippen LogP contribution is -2.49. The Kier molecular flexibility index (Phi) is 13.0. The minimum absolute atomic E-state index is 0.162. The van der Waals surface area contributed by atoms with Crippen LogP contribution >= 0.6 is 0 Å². The Morgan fingerprint density at radius 1 is 0.908 bits per heavy atom. The van der Waals surface area contributed by atoms with Crippen LogP contribution in [0.15, 0.2) is 91.3 Å². The standard InChI is InChI=1S/C48H49F2N9O6/c1-29-37(22-33(49)23-40(29)55-46(62)36-12-11-32(21-39(36)50)48(2,3)64)44-38-25-41(54-45(38)53-28-52-44)31-9-7-30(8-10-31)26-58-19-17-57(18-20-58)16-14-51-43(61)27-65-35-6-4-5-34(24-35)59-15-13-42(60)56-47(59)63/h4-12,21-25,28,64H,13-20,26-27H2,1-3H3,(H,51,61)(H,55,62)(H,52,53,54)(H,56,60,63). The number of anilines is 2. The van der Waals surface area contributed by atoms with E-state index in [0.29, 0.717) is 57.9 Å². The number of nitrogens with one attached hydrogen (secondary N) is 4. The highest BCUT2D eigenvalue weighted by Gasteiger charge is 2.25. The van der Waals surface area contributed by atoms with Gasteiger partial charge in [-0.3, -0.25) is 34.4 Å². The Bertz CT molecular complexity index is 2760. The van der Waals surface area contributed by atoms with Gasteiger partial charge in [0.25, 0.3) is 11.8 Å². The van der Waals surface area contributed by atoms with Crippen LogP contribution in [0.25, 0.3) is 33.5 Å². The molecule has 17 heteroatoms. The number of halogens is 2. The second-order valence-corrected chi connectivity index (χ2v) is 16.7. The Morgan fingerprint density at radius 2 is 1.68 bits per heavy atom. The maximum atomic E-state index is 15.2. The van der Waals surface area contributed by atoms with Gasteiger partial charge in [-0.15, -0.1) is 0 Å². The molecule has 0 spiro atoms. The van der Waals surface area contributed by atoms with Crippen LogP contribution in [0, 0.1) is 18.6 Å². The highest BCUT2D eigenvalue weighted by Crippen LogP contribution is 2.35. The van der Waals surface area contributed by atoms with E-state index in [0.717, 1.165) is 55.6 Å². The number of rotatable bonds is 14. The number of imide groups is 1.